The Balaban J connectivity index is 2.32. The lowest BCUT2D eigenvalue weighted by Crippen LogP contribution is -2.27. The molecule has 0 fully saturated rings. The second-order valence-electron chi connectivity index (χ2n) is 4.75. The van der Waals surface area contributed by atoms with Crippen LogP contribution in [0.4, 0.5) is 4.39 Å². The summed E-state index contributed by atoms with van der Waals surface area (Å²) in [6.45, 7) is 3.74. The number of nitrogens with one attached hydrogen (secondary N) is 1. The molecule has 0 saturated heterocycles. The molecule has 0 bridgehead atoms. The molecule has 0 aliphatic heterocycles. The third-order valence-electron chi connectivity index (χ3n) is 3.06. The van der Waals surface area contributed by atoms with Gasteiger partial charge in [-0.3, -0.25) is 0 Å². The van der Waals surface area contributed by atoms with E-state index in [9.17, 15) is 12.8 Å². The van der Waals surface area contributed by atoms with Crippen LogP contribution in [0.2, 0.25) is 0 Å². The van der Waals surface area contributed by atoms with E-state index in [1.165, 1.54) is 23.5 Å². The maximum Gasteiger partial charge on any atom is 0.241 e. The van der Waals surface area contributed by atoms with Crippen molar-refractivity contribution in [2.24, 2.45) is 5.73 Å². The fraction of sp³-hybridized carbons (Fsp3) is 0.286. The molecular formula is C14H17FN2O2S2. The molecule has 0 radical (unpaired) electrons. The molecule has 0 aliphatic rings. The third-order valence-corrected chi connectivity index (χ3v) is 5.86. The molecule has 0 aliphatic carbocycles. The minimum Gasteiger partial charge on any atom is -0.326 e. The van der Waals surface area contributed by atoms with Gasteiger partial charge in [0, 0.05) is 16.3 Å². The van der Waals surface area contributed by atoms with Crippen LogP contribution in [-0.2, 0) is 16.6 Å². The van der Waals surface area contributed by atoms with Crippen molar-refractivity contribution in [1.29, 1.82) is 0 Å². The molecular weight excluding hydrogens is 311 g/mol. The first-order chi connectivity index (χ1) is 9.83. The van der Waals surface area contributed by atoms with E-state index >= 15 is 0 Å². The van der Waals surface area contributed by atoms with Crippen LogP contribution >= 0.6 is 11.3 Å². The summed E-state index contributed by atoms with van der Waals surface area (Å²) in [4.78, 5) is 1.90. The molecule has 1 unspecified atom stereocenters. The molecule has 2 aromatic rings. The maximum atomic E-state index is 13.3. The maximum absolute atomic E-state index is 13.3. The van der Waals surface area contributed by atoms with Gasteiger partial charge in [0.1, 0.15) is 5.82 Å². The average molecular weight is 328 g/mol. The number of aryl methyl sites for hydroxylation is 1. The Labute approximate surface area is 127 Å². The standard InChI is InChI=1S/C14H17FN2O2S2/c1-9-3-6-13(20-9)10(2)17-21(18,19)14-7-12(15)5-4-11(14)8-16/h3-7,10,17H,8,16H2,1-2H3. The molecule has 2 rings (SSSR count). The Hall–Kier alpha value is -1.28. The quantitative estimate of drug-likeness (QED) is 0.886. The number of nitrogens with two attached hydrogens (primary N) is 1. The van der Waals surface area contributed by atoms with Crippen molar-refractivity contribution in [2.45, 2.75) is 31.3 Å². The summed E-state index contributed by atoms with van der Waals surface area (Å²) in [6, 6.07) is 7.01. The van der Waals surface area contributed by atoms with E-state index in [0.29, 0.717) is 5.56 Å². The predicted molar refractivity (Wildman–Crippen MR) is 82.1 cm³/mol. The van der Waals surface area contributed by atoms with Crippen molar-refractivity contribution in [3.05, 3.63) is 51.5 Å². The normalized spacial score (nSPS) is 13.3. The Morgan fingerprint density at radius 2 is 2.05 bits per heavy atom. The van der Waals surface area contributed by atoms with E-state index in [2.05, 4.69) is 4.72 Å². The summed E-state index contributed by atoms with van der Waals surface area (Å²) in [7, 11) is -3.83. The van der Waals surface area contributed by atoms with Crippen molar-refractivity contribution in [1.82, 2.24) is 4.72 Å². The zero-order valence-electron chi connectivity index (χ0n) is 11.8. The van der Waals surface area contributed by atoms with Gasteiger partial charge in [0.05, 0.1) is 10.9 Å². The van der Waals surface area contributed by atoms with E-state index in [1.54, 1.807) is 6.92 Å². The number of halogens is 1. The van der Waals surface area contributed by atoms with E-state index in [1.807, 2.05) is 19.1 Å². The highest BCUT2D eigenvalue weighted by molar-refractivity contribution is 7.89. The number of rotatable bonds is 5. The van der Waals surface area contributed by atoms with Crippen LogP contribution in [-0.4, -0.2) is 8.42 Å². The summed E-state index contributed by atoms with van der Waals surface area (Å²) >= 11 is 1.52. The van der Waals surface area contributed by atoms with Gasteiger partial charge in [0.25, 0.3) is 0 Å². The van der Waals surface area contributed by atoms with E-state index < -0.39 is 15.8 Å². The van der Waals surface area contributed by atoms with Gasteiger partial charge < -0.3 is 5.73 Å². The van der Waals surface area contributed by atoms with Gasteiger partial charge in [-0.1, -0.05) is 6.07 Å². The van der Waals surface area contributed by atoms with Crippen molar-refractivity contribution >= 4 is 21.4 Å². The lowest BCUT2D eigenvalue weighted by atomic mass is 10.2. The molecule has 21 heavy (non-hydrogen) atoms. The number of benzene rings is 1. The zero-order chi connectivity index (χ0) is 15.6. The number of sulfonamides is 1. The smallest absolute Gasteiger partial charge is 0.241 e. The summed E-state index contributed by atoms with van der Waals surface area (Å²) in [5.74, 6) is -0.604. The van der Waals surface area contributed by atoms with Gasteiger partial charge in [0.2, 0.25) is 10.0 Å². The molecule has 0 spiro atoms. The van der Waals surface area contributed by atoms with Crippen molar-refractivity contribution in [3.63, 3.8) is 0 Å². The molecule has 1 heterocycles. The van der Waals surface area contributed by atoms with Crippen LogP contribution in [0, 0.1) is 12.7 Å². The minimum atomic E-state index is -3.83. The van der Waals surface area contributed by atoms with E-state index in [-0.39, 0.29) is 17.5 Å². The highest BCUT2D eigenvalue weighted by Gasteiger charge is 2.22. The monoisotopic (exact) mass is 328 g/mol. The van der Waals surface area contributed by atoms with E-state index in [4.69, 9.17) is 5.73 Å². The molecule has 1 aromatic carbocycles. The van der Waals surface area contributed by atoms with Crippen LogP contribution in [0.15, 0.2) is 35.2 Å². The first-order valence-corrected chi connectivity index (χ1v) is 8.70. The molecule has 4 nitrogen and oxygen atoms in total. The fourth-order valence-electron chi connectivity index (χ4n) is 1.99. The molecule has 0 amide bonds. The first kappa shape index (κ1) is 16.1. The largest absolute Gasteiger partial charge is 0.326 e. The lowest BCUT2D eigenvalue weighted by molar-refractivity contribution is 0.564. The van der Waals surface area contributed by atoms with E-state index in [0.717, 1.165) is 15.8 Å². The van der Waals surface area contributed by atoms with Crippen molar-refractivity contribution < 1.29 is 12.8 Å². The van der Waals surface area contributed by atoms with Crippen LogP contribution < -0.4 is 10.5 Å². The Morgan fingerprint density at radius 1 is 1.33 bits per heavy atom. The van der Waals surface area contributed by atoms with Crippen molar-refractivity contribution in [2.75, 3.05) is 0 Å². The Kier molecular flexibility index (Phi) is 4.77. The number of hydrogen-bond acceptors (Lipinski definition) is 4. The second kappa shape index (κ2) is 6.23. The van der Waals surface area contributed by atoms with Gasteiger partial charge in [-0.2, -0.15) is 0 Å². The van der Waals surface area contributed by atoms with Gasteiger partial charge in [-0.05, 0) is 43.7 Å². The topological polar surface area (TPSA) is 72.2 Å². The summed E-state index contributed by atoms with van der Waals surface area (Å²) < 4.78 is 40.8. The Bertz CT molecular complexity index is 741. The molecule has 114 valence electrons. The summed E-state index contributed by atoms with van der Waals surface area (Å²) in [5.41, 5.74) is 5.92. The summed E-state index contributed by atoms with van der Waals surface area (Å²) in [5, 5.41) is 0. The highest BCUT2D eigenvalue weighted by Crippen LogP contribution is 2.25. The van der Waals surface area contributed by atoms with Gasteiger partial charge in [-0.15, -0.1) is 11.3 Å². The minimum absolute atomic E-state index is 0.0308. The van der Waals surface area contributed by atoms with Crippen LogP contribution in [0.1, 0.15) is 28.3 Å². The second-order valence-corrected chi connectivity index (χ2v) is 7.75. The number of thiophene rings is 1. The lowest BCUT2D eigenvalue weighted by Gasteiger charge is -2.15. The average Bonchev–Trinajstić information content (AvgIpc) is 2.85. The molecule has 1 aromatic heterocycles. The van der Waals surface area contributed by atoms with Crippen LogP contribution in [0.25, 0.3) is 0 Å². The number of hydrogen-bond donors (Lipinski definition) is 2. The third kappa shape index (κ3) is 3.68. The van der Waals surface area contributed by atoms with Gasteiger partial charge in [0.15, 0.2) is 0 Å². The predicted octanol–water partition coefficient (Wildman–Crippen LogP) is 2.69. The highest BCUT2D eigenvalue weighted by atomic mass is 32.2. The zero-order valence-corrected chi connectivity index (χ0v) is 13.4. The SMILES string of the molecule is Cc1ccc(C(C)NS(=O)(=O)c2cc(F)ccc2CN)s1. The Morgan fingerprint density at radius 3 is 2.62 bits per heavy atom. The fourth-order valence-corrected chi connectivity index (χ4v) is 4.43. The van der Waals surface area contributed by atoms with Crippen LogP contribution in [0.3, 0.4) is 0 Å². The molecule has 0 saturated carbocycles. The summed E-state index contributed by atoms with van der Waals surface area (Å²) in [6.07, 6.45) is 0. The first-order valence-electron chi connectivity index (χ1n) is 6.40. The van der Waals surface area contributed by atoms with Crippen LogP contribution in [0.5, 0.6) is 0 Å². The van der Waals surface area contributed by atoms with Gasteiger partial charge >= 0.3 is 0 Å². The van der Waals surface area contributed by atoms with Gasteiger partial charge in [-0.25, -0.2) is 17.5 Å². The molecule has 3 N–H and O–H groups in total. The molecule has 1 atom stereocenters. The molecule has 7 heteroatoms. The van der Waals surface area contributed by atoms with Crippen molar-refractivity contribution in [3.8, 4) is 0 Å².